The molecule has 1 aliphatic carbocycles. The first kappa shape index (κ1) is 18.5. The van der Waals surface area contributed by atoms with Crippen molar-refractivity contribution in [3.63, 3.8) is 0 Å². The van der Waals surface area contributed by atoms with Crippen LogP contribution in [0.3, 0.4) is 0 Å². The van der Waals surface area contributed by atoms with E-state index in [1.54, 1.807) is 0 Å². The average Bonchev–Trinajstić information content (AvgIpc) is 2.59. The topological polar surface area (TPSA) is 46.2 Å². The van der Waals surface area contributed by atoms with E-state index in [1.165, 1.54) is 62.5 Å². The summed E-state index contributed by atoms with van der Waals surface area (Å²) in [6.07, 6.45) is 12.5. The number of rotatable bonds is 9. The molecule has 2 atom stereocenters. The smallest absolute Gasteiger partial charge is 0.0665 e. The second kappa shape index (κ2) is 10.1. The summed E-state index contributed by atoms with van der Waals surface area (Å²) in [5.74, 6) is 1.80. The lowest BCUT2D eigenvalue weighted by atomic mass is 9.81. The summed E-state index contributed by atoms with van der Waals surface area (Å²) in [7, 11) is 0. The third-order valence-electron chi connectivity index (χ3n) is 5.50. The zero-order valence-corrected chi connectivity index (χ0v) is 14.8. The number of aliphatic hydroxyl groups is 1. The van der Waals surface area contributed by atoms with Gasteiger partial charge in [0.1, 0.15) is 0 Å². The molecule has 0 spiro atoms. The van der Waals surface area contributed by atoms with E-state index < -0.39 is 0 Å². The third kappa shape index (κ3) is 6.64. The van der Waals surface area contributed by atoms with E-state index in [2.05, 4.69) is 31.2 Å². The Kier molecular flexibility index (Phi) is 8.11. The Labute approximate surface area is 142 Å². The van der Waals surface area contributed by atoms with Crippen LogP contribution in [0.4, 0.5) is 0 Å². The Morgan fingerprint density at radius 2 is 1.65 bits per heavy atom. The normalized spacial score (nSPS) is 18.7. The molecule has 0 aromatic heterocycles. The second-order valence-electron chi connectivity index (χ2n) is 7.58. The van der Waals surface area contributed by atoms with Gasteiger partial charge in [-0.1, -0.05) is 63.3 Å². The predicted molar refractivity (Wildman–Crippen MR) is 98.5 cm³/mol. The highest BCUT2D eigenvalue weighted by atomic mass is 16.3. The fourth-order valence-electron chi connectivity index (χ4n) is 4.00. The number of hydrogen-bond acceptors (Lipinski definition) is 2. The third-order valence-corrected chi connectivity index (χ3v) is 5.50. The van der Waals surface area contributed by atoms with E-state index in [0.717, 1.165) is 24.7 Å². The van der Waals surface area contributed by atoms with E-state index in [-0.39, 0.29) is 6.10 Å². The summed E-state index contributed by atoms with van der Waals surface area (Å²) in [5, 5.41) is 9.69. The molecule has 0 radical (unpaired) electrons. The van der Waals surface area contributed by atoms with Crippen LogP contribution in [0.1, 0.15) is 69.4 Å². The van der Waals surface area contributed by atoms with Gasteiger partial charge in [0.25, 0.3) is 0 Å². The van der Waals surface area contributed by atoms with Crippen molar-refractivity contribution in [3.05, 3.63) is 35.4 Å². The molecule has 1 aromatic carbocycles. The standard InChI is InChI=1S/C21H35NO/c1-17(15-18-7-3-2-4-8-18)11-12-19-9-5-6-10-20(19)13-14-21(23)16-22/h5-6,9-10,17-18,21,23H,2-4,7-8,11-16,22H2,1H3. The van der Waals surface area contributed by atoms with Crippen molar-refractivity contribution in [1.82, 2.24) is 0 Å². The number of aliphatic hydroxyl groups excluding tert-OH is 1. The molecule has 1 aromatic rings. The molecule has 0 heterocycles. The molecule has 2 heteroatoms. The van der Waals surface area contributed by atoms with Crippen molar-refractivity contribution in [2.45, 2.75) is 77.2 Å². The average molecular weight is 318 g/mol. The van der Waals surface area contributed by atoms with Gasteiger partial charge in [-0.2, -0.15) is 0 Å². The lowest BCUT2D eigenvalue weighted by Crippen LogP contribution is -2.20. The van der Waals surface area contributed by atoms with Crippen molar-refractivity contribution in [2.24, 2.45) is 17.6 Å². The monoisotopic (exact) mass is 317 g/mol. The molecule has 1 fully saturated rings. The number of nitrogens with two attached hydrogens (primary N) is 1. The summed E-state index contributed by atoms with van der Waals surface area (Å²) in [6.45, 7) is 2.79. The molecule has 0 bridgehead atoms. The minimum atomic E-state index is -0.367. The summed E-state index contributed by atoms with van der Waals surface area (Å²) in [4.78, 5) is 0. The second-order valence-corrected chi connectivity index (χ2v) is 7.58. The zero-order valence-electron chi connectivity index (χ0n) is 14.8. The quantitative estimate of drug-likeness (QED) is 0.705. The molecule has 130 valence electrons. The Hall–Kier alpha value is -0.860. The van der Waals surface area contributed by atoms with Crippen LogP contribution in [-0.2, 0) is 12.8 Å². The van der Waals surface area contributed by atoms with Crippen LogP contribution < -0.4 is 5.73 Å². The first-order chi connectivity index (χ1) is 11.2. The van der Waals surface area contributed by atoms with Crippen molar-refractivity contribution in [2.75, 3.05) is 6.54 Å². The first-order valence-corrected chi connectivity index (χ1v) is 9.64. The predicted octanol–water partition coefficient (Wildman–Crippen LogP) is 4.48. The van der Waals surface area contributed by atoms with Crippen molar-refractivity contribution < 1.29 is 5.11 Å². The van der Waals surface area contributed by atoms with Gasteiger partial charge in [-0.15, -0.1) is 0 Å². The van der Waals surface area contributed by atoms with Gasteiger partial charge >= 0.3 is 0 Å². The van der Waals surface area contributed by atoms with Crippen molar-refractivity contribution >= 4 is 0 Å². The van der Waals surface area contributed by atoms with Gasteiger partial charge in [0, 0.05) is 6.54 Å². The van der Waals surface area contributed by atoms with Crippen molar-refractivity contribution in [1.29, 1.82) is 0 Å². The highest BCUT2D eigenvalue weighted by molar-refractivity contribution is 5.27. The van der Waals surface area contributed by atoms with Gasteiger partial charge < -0.3 is 10.8 Å². The van der Waals surface area contributed by atoms with Gasteiger partial charge in [-0.25, -0.2) is 0 Å². The zero-order chi connectivity index (χ0) is 16.5. The van der Waals surface area contributed by atoms with Crippen LogP contribution in [0.25, 0.3) is 0 Å². The lowest BCUT2D eigenvalue weighted by Gasteiger charge is -2.24. The van der Waals surface area contributed by atoms with Crippen LogP contribution in [0.2, 0.25) is 0 Å². The summed E-state index contributed by atoms with van der Waals surface area (Å²) < 4.78 is 0. The van der Waals surface area contributed by atoms with Crippen LogP contribution in [0.15, 0.2) is 24.3 Å². The first-order valence-electron chi connectivity index (χ1n) is 9.64. The van der Waals surface area contributed by atoms with Gasteiger partial charge in [-0.05, 0) is 55.1 Å². The van der Waals surface area contributed by atoms with Gasteiger partial charge in [0.15, 0.2) is 0 Å². The van der Waals surface area contributed by atoms with E-state index in [4.69, 9.17) is 5.73 Å². The largest absolute Gasteiger partial charge is 0.392 e. The Morgan fingerprint density at radius 3 is 2.26 bits per heavy atom. The fraction of sp³-hybridized carbons (Fsp3) is 0.714. The maximum Gasteiger partial charge on any atom is 0.0665 e. The number of hydrogen-bond donors (Lipinski definition) is 2. The van der Waals surface area contributed by atoms with Crippen LogP contribution >= 0.6 is 0 Å². The van der Waals surface area contributed by atoms with Crippen LogP contribution in [0.5, 0.6) is 0 Å². The molecule has 0 saturated heterocycles. The summed E-state index contributed by atoms with van der Waals surface area (Å²) in [6, 6.07) is 8.73. The molecular formula is C21H35NO. The minimum Gasteiger partial charge on any atom is -0.392 e. The molecule has 1 saturated carbocycles. The minimum absolute atomic E-state index is 0.362. The van der Waals surface area contributed by atoms with Crippen molar-refractivity contribution in [3.8, 4) is 0 Å². The summed E-state index contributed by atoms with van der Waals surface area (Å²) >= 11 is 0. The molecule has 1 aliphatic rings. The molecule has 0 amide bonds. The number of benzene rings is 1. The van der Waals surface area contributed by atoms with Crippen LogP contribution in [0, 0.1) is 11.8 Å². The van der Waals surface area contributed by atoms with Gasteiger partial charge in [0.2, 0.25) is 0 Å². The Bertz CT molecular complexity index is 439. The van der Waals surface area contributed by atoms with E-state index in [9.17, 15) is 5.11 Å². The Balaban J connectivity index is 1.79. The van der Waals surface area contributed by atoms with Gasteiger partial charge in [0.05, 0.1) is 6.10 Å². The highest BCUT2D eigenvalue weighted by Crippen LogP contribution is 2.30. The highest BCUT2D eigenvalue weighted by Gasteiger charge is 2.16. The molecule has 2 unspecified atom stereocenters. The summed E-state index contributed by atoms with van der Waals surface area (Å²) in [5.41, 5.74) is 8.37. The fourth-order valence-corrected chi connectivity index (χ4v) is 4.00. The van der Waals surface area contributed by atoms with E-state index >= 15 is 0 Å². The van der Waals surface area contributed by atoms with Gasteiger partial charge in [-0.3, -0.25) is 0 Å². The van der Waals surface area contributed by atoms with E-state index in [0.29, 0.717) is 6.54 Å². The SMILES string of the molecule is CC(CCc1ccccc1CCC(O)CN)CC1CCCCC1. The molecule has 2 nitrogen and oxygen atoms in total. The van der Waals surface area contributed by atoms with E-state index in [1.807, 2.05) is 0 Å². The molecule has 2 rings (SSSR count). The number of aryl methyl sites for hydroxylation is 2. The lowest BCUT2D eigenvalue weighted by molar-refractivity contribution is 0.173. The Morgan fingerprint density at radius 1 is 1.04 bits per heavy atom. The molecule has 0 aliphatic heterocycles. The molecular weight excluding hydrogens is 282 g/mol. The molecule has 3 N–H and O–H groups in total. The maximum atomic E-state index is 9.69. The molecule has 23 heavy (non-hydrogen) atoms. The van der Waals surface area contributed by atoms with Crippen LogP contribution in [-0.4, -0.2) is 17.8 Å². The maximum absolute atomic E-state index is 9.69.